The molecule has 252 valence electrons. The Morgan fingerprint density at radius 2 is 1.33 bits per heavy atom. The minimum Gasteiger partial charge on any atom is -0.392 e. The summed E-state index contributed by atoms with van der Waals surface area (Å²) in [5.41, 5.74) is 4.66. The second-order valence-electron chi connectivity index (χ2n) is 12.7. The van der Waals surface area contributed by atoms with Gasteiger partial charge in [-0.3, -0.25) is 0 Å². The van der Waals surface area contributed by atoms with E-state index in [-0.39, 0.29) is 36.2 Å². The molecule has 3 aliphatic heterocycles. The van der Waals surface area contributed by atoms with Gasteiger partial charge in [-0.1, -0.05) is 97.1 Å². The van der Waals surface area contributed by atoms with E-state index in [1.807, 2.05) is 54.6 Å². The van der Waals surface area contributed by atoms with Gasteiger partial charge in [0, 0.05) is 50.5 Å². The Hall–Kier alpha value is -3.45. The van der Waals surface area contributed by atoms with Crippen molar-refractivity contribution in [2.24, 2.45) is 0 Å². The van der Waals surface area contributed by atoms with Crippen molar-refractivity contribution in [2.75, 3.05) is 32.8 Å². The zero-order chi connectivity index (χ0) is 33.0. The third kappa shape index (κ3) is 7.41. The van der Waals surface area contributed by atoms with Crippen LogP contribution in [0.4, 0.5) is 0 Å². The molecule has 9 nitrogen and oxygen atoms in total. The maximum atomic E-state index is 12.8. The molecule has 4 atom stereocenters. The molecule has 0 amide bonds. The molecule has 0 radical (unpaired) electrons. The molecule has 3 heterocycles. The molecule has 2 N–H and O–H groups in total. The molecular formula is C38H42N2O7S. The molecule has 7 rings (SSSR count). The van der Waals surface area contributed by atoms with Crippen LogP contribution in [0, 0.1) is 0 Å². The highest BCUT2D eigenvalue weighted by molar-refractivity contribution is 7.89. The molecular weight excluding hydrogens is 628 g/mol. The third-order valence-electron chi connectivity index (χ3n) is 9.61. The number of nitrogens with one attached hydrogen (secondary N) is 1. The van der Waals surface area contributed by atoms with E-state index >= 15 is 0 Å². The molecule has 4 aromatic carbocycles. The average molecular weight is 671 g/mol. The molecule has 1 spiro atoms. The number of benzene rings is 4. The van der Waals surface area contributed by atoms with Crippen molar-refractivity contribution in [3.05, 3.63) is 137 Å². The summed E-state index contributed by atoms with van der Waals surface area (Å²) >= 11 is 0. The average Bonchev–Trinajstić information content (AvgIpc) is 3.60. The zero-order valence-corrected chi connectivity index (χ0v) is 27.6. The summed E-state index contributed by atoms with van der Waals surface area (Å²) in [6.45, 7) is 3.82. The van der Waals surface area contributed by atoms with Crippen LogP contribution in [0.2, 0.25) is 0 Å². The number of ether oxygens (including phenoxy) is 4. The topological polar surface area (TPSA) is 107 Å². The Balaban J connectivity index is 1.14. The van der Waals surface area contributed by atoms with Crippen molar-refractivity contribution < 1.29 is 32.5 Å². The lowest BCUT2D eigenvalue weighted by molar-refractivity contribution is -0.265. The molecule has 4 aromatic rings. The maximum Gasteiger partial charge on any atom is 0.240 e. The summed E-state index contributed by atoms with van der Waals surface area (Å²) < 4.78 is 54.0. The maximum absolute atomic E-state index is 12.8. The van der Waals surface area contributed by atoms with Crippen LogP contribution in [-0.4, -0.2) is 63.2 Å². The summed E-state index contributed by atoms with van der Waals surface area (Å²) in [7, 11) is -3.63. The van der Waals surface area contributed by atoms with Crippen LogP contribution in [0.5, 0.6) is 0 Å². The van der Waals surface area contributed by atoms with E-state index in [1.54, 1.807) is 30.3 Å². The number of piperidine rings is 1. The minimum atomic E-state index is -3.63. The second-order valence-corrected chi connectivity index (χ2v) is 14.5. The van der Waals surface area contributed by atoms with E-state index in [9.17, 15) is 13.5 Å². The number of hydrogen-bond donors (Lipinski definition) is 2. The van der Waals surface area contributed by atoms with Gasteiger partial charge in [-0.15, -0.1) is 0 Å². The smallest absolute Gasteiger partial charge is 0.240 e. The highest BCUT2D eigenvalue weighted by Crippen LogP contribution is 2.47. The van der Waals surface area contributed by atoms with Gasteiger partial charge in [-0.2, -0.15) is 0 Å². The van der Waals surface area contributed by atoms with Crippen molar-refractivity contribution in [1.29, 1.82) is 0 Å². The number of aliphatic hydroxyl groups excluding tert-OH is 1. The van der Waals surface area contributed by atoms with E-state index in [0.717, 1.165) is 53.7 Å². The number of sulfonamides is 1. The number of rotatable bonds is 10. The van der Waals surface area contributed by atoms with Gasteiger partial charge in [0.05, 0.1) is 36.9 Å². The predicted molar refractivity (Wildman–Crippen MR) is 180 cm³/mol. The summed E-state index contributed by atoms with van der Waals surface area (Å²) in [5, 5.41) is 9.71. The Bertz CT molecular complexity index is 1720. The van der Waals surface area contributed by atoms with Crippen molar-refractivity contribution >= 4 is 10.0 Å². The molecule has 0 saturated carbocycles. The van der Waals surface area contributed by atoms with E-state index < -0.39 is 22.1 Å². The fraction of sp³-hybridized carbons (Fsp3) is 0.368. The fourth-order valence-electron chi connectivity index (χ4n) is 6.94. The molecule has 3 fully saturated rings. The van der Waals surface area contributed by atoms with Gasteiger partial charge in [-0.25, -0.2) is 13.1 Å². The molecule has 48 heavy (non-hydrogen) atoms. The van der Waals surface area contributed by atoms with Crippen molar-refractivity contribution in [3.63, 3.8) is 0 Å². The standard InChI is InChI=1S/C38H42N2O7S/c41-27-29-13-15-31(16-14-29)36-35(30-7-3-1-4-8-30)34(26-40-21-19-38(20-22-40)44-23-24-45-38)46-37(47-36)32-17-11-28(12-18-32)25-39-48(42,43)33-9-5-2-6-10-33/h1-18,34-37,39,41H,19-27H2/t34-,35-,36+,37?/m1/s1. The minimum absolute atomic E-state index is 0.0278. The van der Waals surface area contributed by atoms with E-state index in [2.05, 4.69) is 33.9 Å². The molecule has 3 saturated heterocycles. The number of aliphatic hydroxyl groups is 1. The van der Waals surface area contributed by atoms with Gasteiger partial charge in [0.1, 0.15) is 0 Å². The Labute approximate surface area is 282 Å². The summed E-state index contributed by atoms with van der Waals surface area (Å²) in [6.07, 6.45) is 0.462. The quantitative estimate of drug-likeness (QED) is 0.230. The molecule has 10 heteroatoms. The van der Waals surface area contributed by atoms with Gasteiger partial charge in [0.15, 0.2) is 12.1 Å². The largest absolute Gasteiger partial charge is 0.392 e. The third-order valence-corrected chi connectivity index (χ3v) is 11.0. The highest BCUT2D eigenvalue weighted by Gasteiger charge is 2.45. The van der Waals surface area contributed by atoms with E-state index in [0.29, 0.717) is 19.8 Å². The Morgan fingerprint density at radius 3 is 1.98 bits per heavy atom. The predicted octanol–water partition coefficient (Wildman–Crippen LogP) is 5.44. The first-order valence-corrected chi connectivity index (χ1v) is 18.1. The lowest BCUT2D eigenvalue weighted by Crippen LogP contribution is -2.50. The fourth-order valence-corrected chi connectivity index (χ4v) is 7.97. The van der Waals surface area contributed by atoms with Crippen molar-refractivity contribution in [1.82, 2.24) is 9.62 Å². The lowest BCUT2D eigenvalue weighted by Gasteiger charge is -2.46. The first-order valence-electron chi connectivity index (χ1n) is 16.6. The van der Waals surface area contributed by atoms with Gasteiger partial charge < -0.3 is 29.0 Å². The van der Waals surface area contributed by atoms with E-state index in [1.165, 1.54) is 0 Å². The Kier molecular flexibility index (Phi) is 10.0. The van der Waals surface area contributed by atoms with Crippen LogP contribution in [0.25, 0.3) is 0 Å². The van der Waals surface area contributed by atoms with Gasteiger partial charge >= 0.3 is 0 Å². The number of hydrogen-bond acceptors (Lipinski definition) is 8. The first kappa shape index (κ1) is 33.1. The van der Waals surface area contributed by atoms with Crippen LogP contribution in [0.15, 0.2) is 114 Å². The lowest BCUT2D eigenvalue weighted by atomic mass is 9.83. The molecule has 0 aromatic heterocycles. The van der Waals surface area contributed by atoms with Crippen LogP contribution in [-0.2, 0) is 42.1 Å². The summed E-state index contributed by atoms with van der Waals surface area (Å²) in [6, 6.07) is 34.4. The summed E-state index contributed by atoms with van der Waals surface area (Å²) in [4.78, 5) is 2.67. The number of nitrogens with zero attached hydrogens (tertiary/aromatic N) is 1. The number of likely N-dealkylation sites (tertiary alicyclic amines) is 1. The first-order chi connectivity index (χ1) is 23.4. The van der Waals surface area contributed by atoms with E-state index in [4.69, 9.17) is 18.9 Å². The van der Waals surface area contributed by atoms with Gasteiger partial charge in [-0.05, 0) is 34.4 Å². The molecule has 0 bridgehead atoms. The SMILES string of the molecule is O=S(=O)(NCc1ccc(C2O[C@H](CN3CCC4(CC3)OCCO4)[C@@H](c3ccccc3)[C@H](c3ccc(CO)cc3)O2)cc1)c1ccccc1. The monoisotopic (exact) mass is 670 g/mol. The van der Waals surface area contributed by atoms with Crippen LogP contribution in [0.1, 0.15) is 59.0 Å². The zero-order valence-electron chi connectivity index (χ0n) is 26.8. The molecule has 0 aliphatic carbocycles. The Morgan fingerprint density at radius 1 is 0.729 bits per heavy atom. The summed E-state index contributed by atoms with van der Waals surface area (Å²) in [5.74, 6) is -0.549. The second kappa shape index (κ2) is 14.6. The van der Waals surface area contributed by atoms with Crippen LogP contribution < -0.4 is 4.72 Å². The van der Waals surface area contributed by atoms with Gasteiger partial charge in [0.2, 0.25) is 10.0 Å². The van der Waals surface area contributed by atoms with Crippen LogP contribution >= 0.6 is 0 Å². The highest BCUT2D eigenvalue weighted by atomic mass is 32.2. The normalized spacial score (nSPS) is 24.5. The van der Waals surface area contributed by atoms with Crippen molar-refractivity contribution in [2.45, 2.75) is 61.1 Å². The van der Waals surface area contributed by atoms with Crippen LogP contribution in [0.3, 0.4) is 0 Å². The van der Waals surface area contributed by atoms with Gasteiger partial charge in [0.25, 0.3) is 0 Å². The van der Waals surface area contributed by atoms with Crippen molar-refractivity contribution in [3.8, 4) is 0 Å². The molecule has 3 aliphatic rings. The molecule has 1 unspecified atom stereocenters.